The number of alkyl carbamates (subject to hydrolysis) is 1. The van der Waals surface area contributed by atoms with E-state index in [4.69, 9.17) is 9.15 Å². The molecule has 0 aromatic carbocycles. The summed E-state index contributed by atoms with van der Waals surface area (Å²) in [5.41, 5.74) is -0.615. The third-order valence-corrected chi connectivity index (χ3v) is 7.20. The van der Waals surface area contributed by atoms with Gasteiger partial charge in [-0.05, 0) is 40.0 Å². The molecular weight excluding hydrogens is 460 g/mol. The minimum atomic E-state index is -0.544. The smallest absolute Gasteiger partial charge is 0.407 e. The number of hydrogen-bond acceptors (Lipinski definition) is 8. The number of amides is 2. The summed E-state index contributed by atoms with van der Waals surface area (Å²) in [6.45, 7) is 11.8. The van der Waals surface area contributed by atoms with Crippen LogP contribution in [0.1, 0.15) is 78.9 Å². The van der Waals surface area contributed by atoms with Gasteiger partial charge in [0.25, 0.3) is 0 Å². The van der Waals surface area contributed by atoms with Gasteiger partial charge in [0.2, 0.25) is 11.8 Å². The third-order valence-electron chi connectivity index (χ3n) is 5.11. The number of carbonyl (C=O) groups is 2. The van der Waals surface area contributed by atoms with Crippen LogP contribution in [0.2, 0.25) is 0 Å². The van der Waals surface area contributed by atoms with Crippen molar-refractivity contribution < 1.29 is 18.7 Å². The molecule has 2 N–H and O–H groups in total. The van der Waals surface area contributed by atoms with Crippen molar-refractivity contribution in [2.45, 2.75) is 94.2 Å². The molecule has 2 atom stereocenters. The van der Waals surface area contributed by atoms with Crippen molar-refractivity contribution in [3.8, 4) is 0 Å². The highest BCUT2D eigenvalue weighted by Crippen LogP contribution is 2.33. The lowest BCUT2D eigenvalue weighted by Crippen LogP contribution is -2.43. The number of anilines is 1. The Morgan fingerprint density at radius 2 is 1.94 bits per heavy atom. The summed E-state index contributed by atoms with van der Waals surface area (Å²) in [4.78, 5) is 33.5. The highest BCUT2D eigenvalue weighted by Gasteiger charge is 2.30. The minimum Gasteiger partial charge on any atom is -0.444 e. The average Bonchev–Trinajstić information content (AvgIpc) is 3.34. The fourth-order valence-corrected chi connectivity index (χ4v) is 5.21. The number of hydrogen-bond donors (Lipinski definition) is 2. The predicted molar refractivity (Wildman–Crippen MR) is 131 cm³/mol. The highest BCUT2D eigenvalue weighted by molar-refractivity contribution is 8.00. The number of carbonyl (C=O) groups excluding carboxylic acids is 2. The molecule has 2 aromatic rings. The van der Waals surface area contributed by atoms with Gasteiger partial charge in [-0.2, -0.15) is 0 Å². The number of aromatic nitrogens is 2. The van der Waals surface area contributed by atoms with Gasteiger partial charge in [-0.1, -0.05) is 38.5 Å². The van der Waals surface area contributed by atoms with Gasteiger partial charge in [0.1, 0.15) is 11.4 Å². The minimum absolute atomic E-state index is 0.0564. The molecule has 2 unspecified atom stereocenters. The molecule has 0 bridgehead atoms. The van der Waals surface area contributed by atoms with Crippen LogP contribution in [0.15, 0.2) is 21.0 Å². The van der Waals surface area contributed by atoms with E-state index in [0.717, 1.165) is 29.2 Å². The summed E-state index contributed by atoms with van der Waals surface area (Å²) >= 11 is 3.01. The maximum Gasteiger partial charge on any atom is 0.407 e. The lowest BCUT2D eigenvalue weighted by Gasteiger charge is -2.29. The van der Waals surface area contributed by atoms with Crippen molar-refractivity contribution in [1.82, 2.24) is 15.3 Å². The van der Waals surface area contributed by atoms with Crippen LogP contribution in [0.4, 0.5) is 9.93 Å². The lowest BCUT2D eigenvalue weighted by molar-refractivity contribution is -0.121. The van der Waals surface area contributed by atoms with Gasteiger partial charge in [0.05, 0.1) is 22.4 Å². The highest BCUT2D eigenvalue weighted by atomic mass is 32.2. The summed E-state index contributed by atoms with van der Waals surface area (Å²) in [6, 6.07) is -0.0643. The van der Waals surface area contributed by atoms with Crippen molar-refractivity contribution >= 4 is 40.2 Å². The number of nitrogens with zero attached hydrogens (tertiary/aromatic N) is 2. The normalized spacial score (nSPS) is 19.2. The maximum atomic E-state index is 12.8. The van der Waals surface area contributed by atoms with E-state index < -0.39 is 11.7 Å². The van der Waals surface area contributed by atoms with Gasteiger partial charge in [-0.25, -0.2) is 14.8 Å². The Morgan fingerprint density at radius 3 is 2.61 bits per heavy atom. The summed E-state index contributed by atoms with van der Waals surface area (Å²) in [7, 11) is 0. The van der Waals surface area contributed by atoms with E-state index in [-0.39, 0.29) is 23.3 Å². The molecule has 1 fully saturated rings. The average molecular weight is 495 g/mol. The molecule has 1 aliphatic carbocycles. The van der Waals surface area contributed by atoms with Crippen molar-refractivity contribution in [3.63, 3.8) is 0 Å². The summed E-state index contributed by atoms with van der Waals surface area (Å²) < 4.78 is 12.1. The van der Waals surface area contributed by atoms with Crippen LogP contribution >= 0.6 is 23.1 Å². The first-order chi connectivity index (χ1) is 15.4. The van der Waals surface area contributed by atoms with E-state index in [1.807, 2.05) is 20.8 Å². The first-order valence-electron chi connectivity index (χ1n) is 11.2. The summed E-state index contributed by atoms with van der Waals surface area (Å²) in [6.07, 6.45) is 6.22. The van der Waals surface area contributed by atoms with Crippen LogP contribution in [0.5, 0.6) is 0 Å². The first kappa shape index (κ1) is 25.6. The fraction of sp³-hybridized carbons (Fsp3) is 0.652. The van der Waals surface area contributed by atoms with Crippen molar-refractivity contribution in [3.05, 3.63) is 24.0 Å². The zero-order valence-corrected chi connectivity index (χ0v) is 21.8. The molecule has 0 aliphatic heterocycles. The van der Waals surface area contributed by atoms with E-state index in [9.17, 15) is 9.59 Å². The number of oxazole rings is 1. The molecule has 8 nitrogen and oxygen atoms in total. The second-order valence-corrected chi connectivity index (χ2v) is 12.6. The first-order valence-corrected chi connectivity index (χ1v) is 13.0. The van der Waals surface area contributed by atoms with Crippen LogP contribution in [0.3, 0.4) is 0 Å². The molecule has 0 saturated heterocycles. The predicted octanol–water partition coefficient (Wildman–Crippen LogP) is 5.74. The van der Waals surface area contributed by atoms with E-state index in [0.29, 0.717) is 23.2 Å². The number of thiazole rings is 1. The molecule has 10 heteroatoms. The molecule has 2 amide bonds. The molecule has 3 rings (SSSR count). The topological polar surface area (TPSA) is 106 Å². The van der Waals surface area contributed by atoms with Crippen LogP contribution < -0.4 is 10.6 Å². The molecule has 1 saturated carbocycles. The monoisotopic (exact) mass is 494 g/mol. The molecule has 0 spiro atoms. The molecule has 2 heterocycles. The van der Waals surface area contributed by atoms with E-state index >= 15 is 0 Å². The van der Waals surface area contributed by atoms with Crippen LogP contribution in [0.25, 0.3) is 0 Å². The number of ether oxygens (including phenoxy) is 1. The SMILES string of the molecule is CC(C)(C)OC(=O)NC1CCCC(C(=O)Nc2ncc(SCc3ncc(C(C)(C)C)o3)s2)C1. The second-order valence-electron chi connectivity index (χ2n) is 10.3. The standard InChI is InChI=1S/C23H34N4O4S2/c1-22(2,3)16-11-24-17(30-16)13-32-18-12-25-20(33-18)27-19(28)14-8-7-9-15(10-14)26-21(29)31-23(4,5)6/h11-12,14-15H,7-10,13H2,1-6H3,(H,26,29)(H,25,27,28). The zero-order valence-electron chi connectivity index (χ0n) is 20.2. The second kappa shape index (κ2) is 10.5. The number of nitrogens with one attached hydrogen (secondary N) is 2. The number of thioether (sulfide) groups is 1. The van der Waals surface area contributed by atoms with Gasteiger partial charge < -0.3 is 19.8 Å². The third kappa shape index (κ3) is 8.03. The zero-order chi connectivity index (χ0) is 24.2. The van der Waals surface area contributed by atoms with Crippen LogP contribution in [-0.4, -0.2) is 33.6 Å². The Morgan fingerprint density at radius 1 is 1.18 bits per heavy atom. The van der Waals surface area contributed by atoms with E-state index in [1.54, 1.807) is 24.2 Å². The molecular formula is C23H34N4O4S2. The molecule has 1 aliphatic rings. The van der Waals surface area contributed by atoms with Crippen molar-refractivity contribution in [2.75, 3.05) is 5.32 Å². The summed E-state index contributed by atoms with van der Waals surface area (Å²) in [5.74, 6) is 1.92. The van der Waals surface area contributed by atoms with Gasteiger partial charge in [0, 0.05) is 17.4 Å². The Bertz CT molecular complexity index is 958. The maximum absolute atomic E-state index is 12.8. The molecule has 182 valence electrons. The number of rotatable bonds is 6. The van der Waals surface area contributed by atoms with Gasteiger partial charge >= 0.3 is 6.09 Å². The Kier molecular flexibility index (Phi) is 8.10. The Balaban J connectivity index is 1.47. The van der Waals surface area contributed by atoms with Crippen LogP contribution in [-0.2, 0) is 20.7 Å². The summed E-state index contributed by atoms with van der Waals surface area (Å²) in [5, 5.41) is 6.41. The molecule has 33 heavy (non-hydrogen) atoms. The lowest BCUT2D eigenvalue weighted by atomic mass is 9.85. The van der Waals surface area contributed by atoms with E-state index in [2.05, 4.69) is 41.4 Å². The Labute approximate surface area is 203 Å². The largest absolute Gasteiger partial charge is 0.444 e. The van der Waals surface area contributed by atoms with Crippen molar-refractivity contribution in [2.24, 2.45) is 5.92 Å². The van der Waals surface area contributed by atoms with Crippen LogP contribution in [0, 0.1) is 5.92 Å². The van der Waals surface area contributed by atoms with Gasteiger partial charge in [0.15, 0.2) is 5.13 Å². The quantitative estimate of drug-likeness (QED) is 0.493. The van der Waals surface area contributed by atoms with Gasteiger partial charge in [-0.3, -0.25) is 4.79 Å². The van der Waals surface area contributed by atoms with Gasteiger partial charge in [-0.15, -0.1) is 11.8 Å². The molecule has 2 aromatic heterocycles. The Hall–Kier alpha value is -2.07. The fourth-order valence-electron chi connectivity index (χ4n) is 3.48. The molecule has 0 radical (unpaired) electrons. The van der Waals surface area contributed by atoms with E-state index in [1.165, 1.54) is 11.3 Å². The van der Waals surface area contributed by atoms with Crippen molar-refractivity contribution in [1.29, 1.82) is 0 Å².